The second-order valence-electron chi connectivity index (χ2n) is 11.0. The normalized spacial score (nSPS) is 51.8. The molecule has 5 heteroatoms. The molecule has 0 saturated heterocycles. The number of hydrogen-bond donors (Lipinski definition) is 4. The molecule has 4 saturated carbocycles. The molecule has 1 heterocycles. The molecule has 5 rings (SSSR count). The Bertz CT molecular complexity index is 833. The Labute approximate surface area is 172 Å². The van der Waals surface area contributed by atoms with Crippen LogP contribution in [0.15, 0.2) is 23.1 Å². The maximum Gasteiger partial charge on any atom is 0.247 e. The van der Waals surface area contributed by atoms with Gasteiger partial charge in [0.05, 0.1) is 17.8 Å². The van der Waals surface area contributed by atoms with Gasteiger partial charge in [0.1, 0.15) is 0 Å². The third-order valence-corrected chi connectivity index (χ3v) is 10.0. The number of aliphatic hydroxyl groups excluding tert-OH is 2. The molecule has 4 aliphatic carbocycles. The van der Waals surface area contributed by atoms with Crippen LogP contribution in [0.3, 0.4) is 0 Å². The second kappa shape index (κ2) is 6.41. The Hall–Kier alpha value is -1.17. The molecule has 0 aromatic carbocycles. The third-order valence-electron chi connectivity index (χ3n) is 10.0. The molecular formula is C24H35NO4. The summed E-state index contributed by atoms with van der Waals surface area (Å²) in [4.78, 5) is 14.3. The van der Waals surface area contributed by atoms with Gasteiger partial charge in [-0.15, -0.1) is 0 Å². The van der Waals surface area contributed by atoms with E-state index in [1.165, 1.54) is 6.07 Å². The Kier molecular flexibility index (Phi) is 4.37. The molecule has 4 fully saturated rings. The van der Waals surface area contributed by atoms with E-state index in [2.05, 4.69) is 18.8 Å². The van der Waals surface area contributed by atoms with Crippen LogP contribution in [-0.2, 0) is 0 Å². The third kappa shape index (κ3) is 2.60. The van der Waals surface area contributed by atoms with E-state index in [4.69, 9.17) is 0 Å². The number of H-pyrrole nitrogens is 1. The zero-order chi connectivity index (χ0) is 20.6. The van der Waals surface area contributed by atoms with Gasteiger partial charge in [-0.25, -0.2) is 0 Å². The van der Waals surface area contributed by atoms with Gasteiger partial charge >= 0.3 is 0 Å². The van der Waals surface area contributed by atoms with Gasteiger partial charge in [0.15, 0.2) is 0 Å². The highest BCUT2D eigenvalue weighted by Gasteiger charge is 2.69. The number of hydrogen-bond acceptors (Lipinski definition) is 4. The second-order valence-corrected chi connectivity index (χ2v) is 11.0. The first-order valence-corrected chi connectivity index (χ1v) is 11.5. The van der Waals surface area contributed by atoms with E-state index in [-0.39, 0.29) is 28.9 Å². The highest BCUT2D eigenvalue weighted by atomic mass is 16.3. The zero-order valence-electron chi connectivity index (χ0n) is 17.6. The van der Waals surface area contributed by atoms with Crippen LogP contribution in [0.4, 0.5) is 0 Å². The first-order valence-electron chi connectivity index (χ1n) is 11.5. The molecule has 160 valence electrons. The van der Waals surface area contributed by atoms with Gasteiger partial charge in [-0.1, -0.05) is 19.9 Å². The summed E-state index contributed by atoms with van der Waals surface area (Å²) in [6.45, 7) is 4.56. The van der Waals surface area contributed by atoms with Crippen molar-refractivity contribution in [2.24, 2.45) is 28.6 Å². The molecule has 0 spiro atoms. The summed E-state index contributed by atoms with van der Waals surface area (Å²) in [5.74, 6) is 1.03. The van der Waals surface area contributed by atoms with Gasteiger partial charge in [0.25, 0.3) is 0 Å². The van der Waals surface area contributed by atoms with Crippen LogP contribution in [0.5, 0.6) is 0 Å². The van der Waals surface area contributed by atoms with E-state index in [0.29, 0.717) is 18.3 Å². The number of aromatic nitrogens is 1. The van der Waals surface area contributed by atoms with Gasteiger partial charge in [-0.3, -0.25) is 4.79 Å². The smallest absolute Gasteiger partial charge is 0.247 e. The molecule has 1 aromatic heterocycles. The van der Waals surface area contributed by atoms with Gasteiger partial charge in [-0.2, -0.15) is 0 Å². The summed E-state index contributed by atoms with van der Waals surface area (Å²) >= 11 is 0. The number of aliphatic hydroxyl groups is 3. The summed E-state index contributed by atoms with van der Waals surface area (Å²) in [5, 5.41) is 33.5. The van der Waals surface area contributed by atoms with Crippen molar-refractivity contribution in [3.8, 4) is 0 Å². The average Bonchev–Trinajstić information content (AvgIpc) is 2.88. The minimum absolute atomic E-state index is 0.143. The van der Waals surface area contributed by atoms with Crippen LogP contribution >= 0.6 is 0 Å². The fourth-order valence-corrected chi connectivity index (χ4v) is 8.45. The predicted molar refractivity (Wildman–Crippen MR) is 110 cm³/mol. The number of rotatable bonds is 1. The molecule has 4 N–H and O–H groups in total. The molecule has 9 atom stereocenters. The van der Waals surface area contributed by atoms with Crippen molar-refractivity contribution >= 4 is 0 Å². The van der Waals surface area contributed by atoms with Crippen molar-refractivity contribution in [3.05, 3.63) is 34.2 Å². The Morgan fingerprint density at radius 2 is 1.83 bits per heavy atom. The molecule has 5 nitrogen and oxygen atoms in total. The maximum absolute atomic E-state index is 12.2. The topological polar surface area (TPSA) is 93.5 Å². The Morgan fingerprint density at radius 1 is 1.03 bits per heavy atom. The van der Waals surface area contributed by atoms with Crippen molar-refractivity contribution in [3.63, 3.8) is 0 Å². The number of pyridine rings is 1. The summed E-state index contributed by atoms with van der Waals surface area (Å²) in [6, 6.07) is 3.34. The lowest BCUT2D eigenvalue weighted by molar-refractivity contribution is -0.205. The standard InChI is InChI=1S/C24H35NO4/c1-22-9-7-16(26)11-15(22)4-5-18-17(22)8-10-23(2)21(19(27)12-24(18,23)29)14-3-6-20(28)25-13-14/h3,6,13,15-19,21,26-27,29H,4-5,7-12H2,1-2H3,(H,25,28)/t15-,16+,17+,18-,19+,21+,22+,23-,24+/m1/s1. The Morgan fingerprint density at radius 3 is 2.55 bits per heavy atom. The van der Waals surface area contributed by atoms with Crippen molar-refractivity contribution < 1.29 is 15.3 Å². The van der Waals surface area contributed by atoms with Crippen LogP contribution in [0.25, 0.3) is 0 Å². The molecule has 29 heavy (non-hydrogen) atoms. The highest BCUT2D eigenvalue weighted by Crippen LogP contribution is 2.70. The molecule has 0 amide bonds. The van der Waals surface area contributed by atoms with Gasteiger partial charge in [0, 0.05) is 30.0 Å². The van der Waals surface area contributed by atoms with Gasteiger partial charge < -0.3 is 20.3 Å². The fourth-order valence-electron chi connectivity index (χ4n) is 8.45. The summed E-state index contributed by atoms with van der Waals surface area (Å²) in [6.07, 6.45) is 8.17. The molecule has 0 bridgehead atoms. The van der Waals surface area contributed by atoms with Crippen molar-refractivity contribution in [2.75, 3.05) is 0 Å². The largest absolute Gasteiger partial charge is 0.393 e. The SMILES string of the molecule is C[C@]12CC[C@H](O)C[C@H]1CC[C@@H]1[C@@H]2CC[C@]2(C)[C@@H](c3ccc(=O)[nH]c3)[C@@H](O)C[C@]12O. The van der Waals surface area contributed by atoms with Crippen LogP contribution in [0, 0.1) is 28.6 Å². The first-order chi connectivity index (χ1) is 13.7. The fraction of sp³-hybridized carbons (Fsp3) is 0.792. The zero-order valence-corrected chi connectivity index (χ0v) is 17.6. The summed E-state index contributed by atoms with van der Waals surface area (Å²) in [5.41, 5.74) is -0.324. The van der Waals surface area contributed by atoms with Crippen LogP contribution in [0.1, 0.15) is 76.7 Å². The monoisotopic (exact) mass is 401 g/mol. The lowest BCUT2D eigenvalue weighted by Gasteiger charge is -2.63. The molecule has 0 aliphatic heterocycles. The minimum atomic E-state index is -0.889. The van der Waals surface area contributed by atoms with E-state index >= 15 is 0 Å². The first kappa shape index (κ1) is 19.8. The highest BCUT2D eigenvalue weighted by molar-refractivity contribution is 5.30. The molecule has 0 unspecified atom stereocenters. The van der Waals surface area contributed by atoms with E-state index in [0.717, 1.165) is 50.5 Å². The minimum Gasteiger partial charge on any atom is -0.393 e. The van der Waals surface area contributed by atoms with Crippen LogP contribution < -0.4 is 5.56 Å². The lowest BCUT2D eigenvalue weighted by Crippen LogP contribution is -2.62. The van der Waals surface area contributed by atoms with E-state index < -0.39 is 17.1 Å². The number of nitrogens with one attached hydrogen (secondary N) is 1. The van der Waals surface area contributed by atoms with E-state index in [1.807, 2.05) is 6.07 Å². The molecule has 4 aliphatic rings. The van der Waals surface area contributed by atoms with Crippen molar-refractivity contribution in [1.82, 2.24) is 4.98 Å². The Balaban J connectivity index is 1.52. The van der Waals surface area contributed by atoms with Crippen molar-refractivity contribution in [1.29, 1.82) is 0 Å². The molecule has 1 aromatic rings. The van der Waals surface area contributed by atoms with Crippen molar-refractivity contribution in [2.45, 2.75) is 88.9 Å². The van der Waals surface area contributed by atoms with Crippen LogP contribution in [0.2, 0.25) is 0 Å². The predicted octanol–water partition coefficient (Wildman–Crippen LogP) is 2.95. The summed E-state index contributed by atoms with van der Waals surface area (Å²) in [7, 11) is 0. The number of aromatic amines is 1. The average molecular weight is 402 g/mol. The van der Waals surface area contributed by atoms with E-state index in [1.54, 1.807) is 6.20 Å². The molecular weight excluding hydrogens is 366 g/mol. The summed E-state index contributed by atoms with van der Waals surface area (Å²) < 4.78 is 0. The maximum atomic E-state index is 12.2. The molecule has 0 radical (unpaired) electrons. The quantitative estimate of drug-likeness (QED) is 0.582. The number of fused-ring (bicyclic) bond motifs is 5. The van der Waals surface area contributed by atoms with Gasteiger partial charge in [-0.05, 0) is 73.7 Å². The lowest BCUT2D eigenvalue weighted by atomic mass is 9.43. The van der Waals surface area contributed by atoms with Crippen LogP contribution in [-0.4, -0.2) is 38.1 Å². The van der Waals surface area contributed by atoms with E-state index in [9.17, 15) is 20.1 Å². The van der Waals surface area contributed by atoms with Gasteiger partial charge in [0.2, 0.25) is 5.56 Å².